The maximum Gasteiger partial charge on any atom is 0.241 e. The molecule has 0 unspecified atom stereocenters. The van der Waals surface area contributed by atoms with Gasteiger partial charge in [0.2, 0.25) is 11.7 Å². The highest BCUT2D eigenvalue weighted by molar-refractivity contribution is 5.96. The van der Waals surface area contributed by atoms with Gasteiger partial charge in [-0.3, -0.25) is 0 Å². The van der Waals surface area contributed by atoms with Crippen LogP contribution in [0.5, 0.6) is 5.88 Å². The number of hydrogen-bond acceptors (Lipinski definition) is 7. The first-order chi connectivity index (χ1) is 13.6. The monoisotopic (exact) mass is 375 g/mol. The minimum absolute atomic E-state index is 0.253. The van der Waals surface area contributed by atoms with E-state index in [4.69, 9.17) is 9.26 Å². The Morgan fingerprint density at radius 1 is 1.00 bits per heavy atom. The van der Waals surface area contributed by atoms with Gasteiger partial charge in [-0.2, -0.15) is 9.61 Å². The average molecular weight is 375 g/mol. The van der Waals surface area contributed by atoms with Gasteiger partial charge in [0.15, 0.2) is 18.1 Å². The maximum absolute atomic E-state index is 6.04. The van der Waals surface area contributed by atoms with Crippen LogP contribution < -0.4 is 4.74 Å². The molecule has 9 nitrogen and oxygen atoms in total. The van der Waals surface area contributed by atoms with Crippen LogP contribution in [0.2, 0.25) is 0 Å². The van der Waals surface area contributed by atoms with Gasteiger partial charge < -0.3 is 9.26 Å². The Balaban J connectivity index is 1.65. The van der Waals surface area contributed by atoms with Crippen molar-refractivity contribution in [1.29, 1.82) is 0 Å². The van der Waals surface area contributed by atoms with E-state index in [0.717, 1.165) is 22.2 Å². The van der Waals surface area contributed by atoms with Crippen molar-refractivity contribution in [1.82, 2.24) is 34.7 Å². The lowest BCUT2D eigenvalue weighted by atomic mass is 10.2. The Bertz CT molecular complexity index is 1310. The minimum atomic E-state index is 0.253. The van der Waals surface area contributed by atoms with Gasteiger partial charge in [-0.1, -0.05) is 23.4 Å². The average Bonchev–Trinajstić information content (AvgIpc) is 3.38. The molecule has 0 spiro atoms. The largest absolute Gasteiger partial charge is 0.453 e. The van der Waals surface area contributed by atoms with Crippen molar-refractivity contribution in [2.24, 2.45) is 0 Å². The summed E-state index contributed by atoms with van der Waals surface area (Å²) in [6.45, 7) is 6.02. The molecule has 9 heteroatoms. The summed E-state index contributed by atoms with van der Waals surface area (Å²) in [5.41, 5.74) is 3.16. The Kier molecular flexibility index (Phi) is 3.61. The van der Waals surface area contributed by atoms with Crippen molar-refractivity contribution in [2.75, 3.05) is 0 Å². The van der Waals surface area contributed by atoms with Crippen LogP contribution in [-0.4, -0.2) is 34.7 Å². The molecule has 5 aromatic rings. The molecule has 0 fully saturated rings. The number of benzene rings is 1. The summed E-state index contributed by atoms with van der Waals surface area (Å²) in [6.07, 6.45) is 0. The molecule has 4 aromatic heterocycles. The molecule has 5 rings (SSSR count). The molecule has 0 radical (unpaired) electrons. The molecule has 0 aliphatic rings. The van der Waals surface area contributed by atoms with Crippen LogP contribution in [-0.2, 0) is 6.73 Å². The zero-order valence-corrected chi connectivity index (χ0v) is 15.6. The number of aryl methyl sites for hydroxylation is 3. The number of nitrogens with zero attached hydrogens (tertiary/aromatic N) is 7. The van der Waals surface area contributed by atoms with Crippen molar-refractivity contribution in [3.05, 3.63) is 53.5 Å². The lowest BCUT2D eigenvalue weighted by molar-refractivity contribution is 0.209. The number of ether oxygens (including phenoxy) is 1. The quantitative estimate of drug-likeness (QED) is 0.476. The van der Waals surface area contributed by atoms with Crippen molar-refractivity contribution in [2.45, 2.75) is 27.5 Å². The lowest BCUT2D eigenvalue weighted by Gasteiger charge is -2.10. The maximum atomic E-state index is 6.04. The van der Waals surface area contributed by atoms with Gasteiger partial charge in [-0.15, -0.1) is 15.3 Å². The number of hydrogen-bond donors (Lipinski definition) is 0. The van der Waals surface area contributed by atoms with E-state index in [0.29, 0.717) is 28.8 Å². The van der Waals surface area contributed by atoms with E-state index in [1.807, 2.05) is 51.1 Å². The first-order valence-electron chi connectivity index (χ1n) is 8.82. The molecule has 140 valence electrons. The Morgan fingerprint density at radius 3 is 2.54 bits per heavy atom. The van der Waals surface area contributed by atoms with Gasteiger partial charge in [0.25, 0.3) is 0 Å². The van der Waals surface area contributed by atoms with Gasteiger partial charge in [-0.25, -0.2) is 4.68 Å². The van der Waals surface area contributed by atoms with Crippen molar-refractivity contribution < 1.29 is 9.26 Å². The molecule has 0 saturated carbocycles. The molecule has 0 aliphatic heterocycles. The van der Waals surface area contributed by atoms with Crippen molar-refractivity contribution >= 4 is 16.4 Å². The molecule has 28 heavy (non-hydrogen) atoms. The lowest BCUT2D eigenvalue weighted by Crippen LogP contribution is -2.11. The topological polar surface area (TPSA) is 96.2 Å². The summed E-state index contributed by atoms with van der Waals surface area (Å²) in [5.74, 6) is 1.65. The highest BCUT2D eigenvalue weighted by atomic mass is 16.5. The fourth-order valence-corrected chi connectivity index (χ4v) is 3.22. The summed E-state index contributed by atoms with van der Waals surface area (Å²) in [6, 6.07) is 11.6. The van der Waals surface area contributed by atoms with E-state index in [1.165, 1.54) is 0 Å². The molecule has 4 heterocycles. The normalized spacial score (nSPS) is 11.5. The number of aromatic nitrogens is 7. The van der Waals surface area contributed by atoms with Crippen molar-refractivity contribution in [3.8, 4) is 17.4 Å². The van der Waals surface area contributed by atoms with Crippen LogP contribution >= 0.6 is 0 Å². The second kappa shape index (κ2) is 6.15. The first kappa shape index (κ1) is 16.4. The van der Waals surface area contributed by atoms with E-state index < -0.39 is 0 Å². The van der Waals surface area contributed by atoms with Gasteiger partial charge >= 0.3 is 0 Å². The molecule has 0 atom stereocenters. The summed E-state index contributed by atoms with van der Waals surface area (Å²) in [5, 5.41) is 23.4. The zero-order chi connectivity index (χ0) is 19.3. The molecule has 0 bridgehead atoms. The van der Waals surface area contributed by atoms with E-state index in [-0.39, 0.29) is 6.73 Å². The molecular formula is C19H17N7O2. The standard InChI is InChI=1S/C19H17N7O2/c1-11-8-12(2)25(22-11)10-27-19-15-7-5-4-6-14(15)17-20-21-18(26(17)23-19)16-9-13(3)28-24-16/h4-9H,10H2,1-3H3. The van der Waals surface area contributed by atoms with Gasteiger partial charge in [0.05, 0.1) is 5.69 Å². The summed E-state index contributed by atoms with van der Waals surface area (Å²) >= 11 is 0. The first-order valence-corrected chi connectivity index (χ1v) is 8.82. The summed E-state index contributed by atoms with van der Waals surface area (Å²) < 4.78 is 14.6. The van der Waals surface area contributed by atoms with E-state index in [1.54, 1.807) is 15.3 Å². The second-order valence-electron chi connectivity index (χ2n) is 6.63. The van der Waals surface area contributed by atoms with E-state index in [2.05, 4.69) is 25.6 Å². The summed E-state index contributed by atoms with van der Waals surface area (Å²) in [4.78, 5) is 0. The predicted octanol–water partition coefficient (Wildman–Crippen LogP) is 3.09. The van der Waals surface area contributed by atoms with Crippen LogP contribution in [0.1, 0.15) is 17.1 Å². The third-order valence-corrected chi connectivity index (χ3v) is 4.51. The number of rotatable bonds is 4. The van der Waals surface area contributed by atoms with Gasteiger partial charge in [0.1, 0.15) is 5.76 Å². The molecule has 0 amide bonds. The van der Waals surface area contributed by atoms with Crippen LogP contribution in [0.25, 0.3) is 27.9 Å². The molecule has 0 saturated heterocycles. The highest BCUT2D eigenvalue weighted by Gasteiger charge is 2.18. The molecule has 0 N–H and O–H groups in total. The minimum Gasteiger partial charge on any atom is -0.453 e. The van der Waals surface area contributed by atoms with Gasteiger partial charge in [0, 0.05) is 22.5 Å². The van der Waals surface area contributed by atoms with Gasteiger partial charge in [-0.05, 0) is 32.9 Å². The van der Waals surface area contributed by atoms with E-state index >= 15 is 0 Å². The predicted molar refractivity (Wildman–Crippen MR) is 101 cm³/mol. The second-order valence-corrected chi connectivity index (χ2v) is 6.63. The number of fused-ring (bicyclic) bond motifs is 3. The molecule has 1 aromatic carbocycles. The molecule has 0 aliphatic carbocycles. The Hall–Kier alpha value is -3.75. The fourth-order valence-electron chi connectivity index (χ4n) is 3.22. The highest BCUT2D eigenvalue weighted by Crippen LogP contribution is 2.28. The van der Waals surface area contributed by atoms with Crippen LogP contribution in [0.15, 0.2) is 40.9 Å². The van der Waals surface area contributed by atoms with Crippen LogP contribution in [0.4, 0.5) is 0 Å². The Morgan fingerprint density at radius 2 is 1.82 bits per heavy atom. The summed E-state index contributed by atoms with van der Waals surface area (Å²) in [7, 11) is 0. The zero-order valence-electron chi connectivity index (χ0n) is 15.6. The van der Waals surface area contributed by atoms with Crippen molar-refractivity contribution in [3.63, 3.8) is 0 Å². The smallest absolute Gasteiger partial charge is 0.241 e. The fraction of sp³-hybridized carbons (Fsp3) is 0.211. The van der Waals surface area contributed by atoms with E-state index in [9.17, 15) is 0 Å². The Labute approximate surface area is 159 Å². The SMILES string of the molecule is Cc1cc(C)n(COc2nn3c(-c4cc(C)on4)nnc3c3ccccc23)n1. The van der Waals surface area contributed by atoms with Crippen LogP contribution in [0, 0.1) is 20.8 Å². The molecular weight excluding hydrogens is 358 g/mol. The third-order valence-electron chi connectivity index (χ3n) is 4.51. The van der Waals surface area contributed by atoms with Crippen LogP contribution in [0.3, 0.4) is 0 Å². The third kappa shape index (κ3) is 2.59.